The van der Waals surface area contributed by atoms with Gasteiger partial charge in [-0.2, -0.15) is 0 Å². The summed E-state index contributed by atoms with van der Waals surface area (Å²) in [4.78, 5) is 14.3. The van der Waals surface area contributed by atoms with Crippen LogP contribution in [-0.4, -0.2) is 36.2 Å². The van der Waals surface area contributed by atoms with E-state index in [9.17, 15) is 8.42 Å². The van der Waals surface area contributed by atoms with Gasteiger partial charge in [-0.25, -0.2) is 23.1 Å². The van der Waals surface area contributed by atoms with Crippen molar-refractivity contribution >= 4 is 26.7 Å². The molecule has 1 aliphatic carbocycles. The average Bonchev–Trinajstić information content (AvgIpc) is 3.63. The van der Waals surface area contributed by atoms with Gasteiger partial charge in [-0.15, -0.1) is 0 Å². The van der Waals surface area contributed by atoms with Crippen molar-refractivity contribution in [3.8, 4) is 11.1 Å². The SMILES string of the molecule is CS(=O)(=O)NCC1(c2nc(NCc3ccccn3)c3c(-c4ccccc4)cccc3n2)CC1. The number of nitrogens with one attached hydrogen (secondary N) is 2. The average molecular weight is 460 g/mol. The zero-order valence-corrected chi connectivity index (χ0v) is 19.1. The Morgan fingerprint density at radius 1 is 0.939 bits per heavy atom. The van der Waals surface area contributed by atoms with E-state index >= 15 is 0 Å². The summed E-state index contributed by atoms with van der Waals surface area (Å²) in [5.41, 5.74) is 3.49. The molecule has 2 aromatic carbocycles. The van der Waals surface area contributed by atoms with Crippen LogP contribution in [0.4, 0.5) is 5.82 Å². The fourth-order valence-corrected chi connectivity index (χ4v) is 4.52. The maximum absolute atomic E-state index is 11.7. The van der Waals surface area contributed by atoms with E-state index in [4.69, 9.17) is 9.97 Å². The minimum Gasteiger partial charge on any atom is -0.364 e. The summed E-state index contributed by atoms with van der Waals surface area (Å²) in [7, 11) is -3.30. The lowest BCUT2D eigenvalue weighted by Gasteiger charge is -2.18. The first-order valence-electron chi connectivity index (χ1n) is 10.9. The van der Waals surface area contributed by atoms with E-state index < -0.39 is 10.0 Å². The summed E-state index contributed by atoms with van der Waals surface area (Å²) in [6.45, 7) is 0.819. The lowest BCUT2D eigenvalue weighted by atomic mass is 10.00. The van der Waals surface area contributed by atoms with Crippen molar-refractivity contribution in [2.24, 2.45) is 0 Å². The fraction of sp³-hybridized carbons (Fsp3) is 0.240. The second-order valence-electron chi connectivity index (χ2n) is 8.51. The normalized spacial score (nSPS) is 14.8. The zero-order chi connectivity index (χ0) is 22.9. The summed E-state index contributed by atoms with van der Waals surface area (Å²) < 4.78 is 26.1. The monoisotopic (exact) mass is 459 g/mol. The van der Waals surface area contributed by atoms with Crippen LogP contribution < -0.4 is 10.0 Å². The van der Waals surface area contributed by atoms with Crippen LogP contribution in [0.1, 0.15) is 24.4 Å². The highest BCUT2D eigenvalue weighted by Crippen LogP contribution is 2.47. The quantitative estimate of drug-likeness (QED) is 0.415. The molecule has 0 radical (unpaired) electrons. The Morgan fingerprint density at radius 3 is 2.42 bits per heavy atom. The first kappa shape index (κ1) is 21.5. The summed E-state index contributed by atoms with van der Waals surface area (Å²) in [6.07, 6.45) is 4.64. The number of anilines is 1. The number of aromatic nitrogens is 3. The van der Waals surface area contributed by atoms with Crippen LogP contribution >= 0.6 is 0 Å². The molecule has 2 heterocycles. The number of hydrogen-bond acceptors (Lipinski definition) is 6. The molecular formula is C25H25N5O2S. The first-order chi connectivity index (χ1) is 15.9. The van der Waals surface area contributed by atoms with Crippen LogP contribution in [0.3, 0.4) is 0 Å². The molecular weight excluding hydrogens is 434 g/mol. The van der Waals surface area contributed by atoms with Crippen LogP contribution in [0.25, 0.3) is 22.0 Å². The molecule has 168 valence electrons. The second kappa shape index (κ2) is 8.53. The van der Waals surface area contributed by atoms with Gasteiger partial charge in [0.1, 0.15) is 11.6 Å². The van der Waals surface area contributed by atoms with Gasteiger partial charge in [0.05, 0.1) is 29.4 Å². The van der Waals surface area contributed by atoms with Gasteiger partial charge in [-0.05, 0) is 42.2 Å². The van der Waals surface area contributed by atoms with Crippen molar-refractivity contribution in [3.63, 3.8) is 0 Å². The highest BCUT2D eigenvalue weighted by Gasteiger charge is 2.47. The van der Waals surface area contributed by atoms with Crippen LogP contribution in [0.5, 0.6) is 0 Å². The van der Waals surface area contributed by atoms with Gasteiger partial charge in [0, 0.05) is 18.2 Å². The predicted octanol–water partition coefficient (Wildman–Crippen LogP) is 3.88. The minimum absolute atomic E-state index is 0.301. The molecule has 0 aliphatic heterocycles. The molecule has 5 rings (SSSR count). The van der Waals surface area contributed by atoms with E-state index in [0.717, 1.165) is 46.4 Å². The molecule has 0 atom stereocenters. The van der Waals surface area contributed by atoms with E-state index in [2.05, 4.69) is 33.2 Å². The molecule has 7 nitrogen and oxygen atoms in total. The number of nitrogens with zero attached hydrogens (tertiary/aromatic N) is 3. The number of rotatable bonds is 8. The zero-order valence-electron chi connectivity index (χ0n) is 18.3. The number of sulfonamides is 1. The number of fused-ring (bicyclic) bond motifs is 1. The molecule has 2 N–H and O–H groups in total. The van der Waals surface area contributed by atoms with Crippen LogP contribution in [-0.2, 0) is 22.0 Å². The van der Waals surface area contributed by atoms with Gasteiger partial charge in [-0.1, -0.05) is 48.5 Å². The van der Waals surface area contributed by atoms with Gasteiger partial charge in [0.25, 0.3) is 0 Å². The van der Waals surface area contributed by atoms with E-state index in [0.29, 0.717) is 18.9 Å². The second-order valence-corrected chi connectivity index (χ2v) is 10.3. The maximum atomic E-state index is 11.7. The molecule has 0 saturated heterocycles. The van der Waals surface area contributed by atoms with Gasteiger partial charge >= 0.3 is 0 Å². The maximum Gasteiger partial charge on any atom is 0.208 e. The molecule has 8 heteroatoms. The molecule has 0 amide bonds. The van der Waals surface area contributed by atoms with Crippen molar-refractivity contribution < 1.29 is 8.42 Å². The van der Waals surface area contributed by atoms with Crippen molar-refractivity contribution in [3.05, 3.63) is 84.4 Å². The van der Waals surface area contributed by atoms with E-state index in [-0.39, 0.29) is 5.41 Å². The van der Waals surface area contributed by atoms with Crippen molar-refractivity contribution in [1.29, 1.82) is 0 Å². The molecule has 2 aromatic heterocycles. The summed E-state index contributed by atoms with van der Waals surface area (Å²) >= 11 is 0. The third-order valence-corrected chi connectivity index (χ3v) is 6.64. The summed E-state index contributed by atoms with van der Waals surface area (Å²) in [5, 5.41) is 4.41. The minimum atomic E-state index is -3.30. The van der Waals surface area contributed by atoms with Crippen LogP contribution in [0.2, 0.25) is 0 Å². The van der Waals surface area contributed by atoms with Crippen LogP contribution in [0, 0.1) is 0 Å². The number of pyridine rings is 1. The standard InChI is InChI=1S/C25H25N5O2S/c1-33(31,32)28-17-25(13-14-25)24-29-21-12-7-11-20(18-8-3-2-4-9-18)22(21)23(30-24)27-16-19-10-5-6-15-26-19/h2-12,15,28H,13-14,16-17H2,1H3,(H,27,29,30). The third-order valence-electron chi connectivity index (χ3n) is 5.97. The van der Waals surface area contributed by atoms with Gasteiger partial charge in [-0.3, -0.25) is 4.98 Å². The Bertz CT molecular complexity index is 1390. The molecule has 33 heavy (non-hydrogen) atoms. The Labute approximate surface area is 193 Å². The smallest absolute Gasteiger partial charge is 0.208 e. The third kappa shape index (κ3) is 4.72. The largest absolute Gasteiger partial charge is 0.364 e. The molecule has 1 saturated carbocycles. The number of benzene rings is 2. The fourth-order valence-electron chi connectivity index (χ4n) is 3.98. The van der Waals surface area contributed by atoms with Gasteiger partial charge < -0.3 is 5.32 Å². The molecule has 1 aliphatic rings. The molecule has 1 fully saturated rings. The van der Waals surface area contributed by atoms with Gasteiger partial charge in [0.2, 0.25) is 10.0 Å². The van der Waals surface area contributed by atoms with Crippen molar-refractivity contribution in [2.45, 2.75) is 24.8 Å². The lowest BCUT2D eigenvalue weighted by Crippen LogP contribution is -2.32. The van der Waals surface area contributed by atoms with E-state index in [1.165, 1.54) is 6.26 Å². The Morgan fingerprint density at radius 2 is 1.73 bits per heavy atom. The Balaban J connectivity index is 1.61. The van der Waals surface area contributed by atoms with E-state index in [1.54, 1.807) is 6.20 Å². The van der Waals surface area contributed by atoms with Crippen molar-refractivity contribution in [1.82, 2.24) is 19.7 Å². The molecule has 0 unspecified atom stereocenters. The topological polar surface area (TPSA) is 96.9 Å². The highest BCUT2D eigenvalue weighted by molar-refractivity contribution is 7.88. The predicted molar refractivity (Wildman–Crippen MR) is 130 cm³/mol. The molecule has 0 bridgehead atoms. The summed E-state index contributed by atoms with van der Waals surface area (Å²) in [5.74, 6) is 1.39. The Kier molecular flexibility index (Phi) is 5.55. The van der Waals surface area contributed by atoms with E-state index in [1.807, 2.05) is 48.5 Å². The van der Waals surface area contributed by atoms with Crippen LogP contribution in [0.15, 0.2) is 72.9 Å². The molecule has 0 spiro atoms. The molecule has 4 aromatic rings. The van der Waals surface area contributed by atoms with Crippen molar-refractivity contribution in [2.75, 3.05) is 18.1 Å². The first-order valence-corrected chi connectivity index (χ1v) is 12.8. The lowest BCUT2D eigenvalue weighted by molar-refractivity contribution is 0.565. The summed E-state index contributed by atoms with van der Waals surface area (Å²) in [6, 6.07) is 22.0. The number of hydrogen-bond donors (Lipinski definition) is 2. The Hall–Kier alpha value is -3.36. The van der Waals surface area contributed by atoms with Gasteiger partial charge in [0.15, 0.2) is 0 Å². The highest BCUT2D eigenvalue weighted by atomic mass is 32.2.